The fraction of sp³-hybridized carbons (Fsp3) is 1.00. The Bertz CT molecular complexity index is 395. The lowest BCUT2D eigenvalue weighted by atomic mass is 9.90. The second kappa shape index (κ2) is 7.11. The normalized spacial score (nSPS) is 36.9. The summed E-state index contributed by atoms with van der Waals surface area (Å²) in [4.78, 5) is 10.1. The maximum absolute atomic E-state index is 12.3. The number of aliphatic hydroxyl groups excluding tert-OH is 2. The lowest BCUT2D eigenvalue weighted by Gasteiger charge is -2.35. The predicted octanol–water partition coefficient (Wildman–Crippen LogP) is 0.625. The van der Waals surface area contributed by atoms with E-state index in [-0.39, 0.29) is 6.42 Å². The van der Waals surface area contributed by atoms with Crippen molar-refractivity contribution in [1.29, 1.82) is 0 Å². The molecule has 1 aliphatic heterocycles. The Morgan fingerprint density at radius 2 is 1.95 bits per heavy atom. The van der Waals surface area contributed by atoms with Crippen molar-refractivity contribution in [2.45, 2.75) is 82.5 Å². The van der Waals surface area contributed by atoms with Gasteiger partial charge in [-0.05, 0) is 19.8 Å². The maximum Gasteiger partial charge on any atom is 0.331 e. The first kappa shape index (κ1) is 19.1. The van der Waals surface area contributed by atoms with E-state index in [1.54, 1.807) is 21.7 Å². The van der Waals surface area contributed by atoms with Gasteiger partial charge in [0.1, 0.15) is 20.1 Å². The Balaban J connectivity index is 2.79. The highest BCUT2D eigenvalue weighted by Gasteiger charge is 2.45. The van der Waals surface area contributed by atoms with E-state index in [2.05, 4.69) is 0 Å². The van der Waals surface area contributed by atoms with Crippen LogP contribution in [0, 0.1) is 0 Å². The van der Waals surface area contributed by atoms with Crippen LogP contribution in [0.25, 0.3) is 0 Å². The second-order valence-electron chi connectivity index (χ2n) is 6.28. The van der Waals surface area contributed by atoms with Crippen LogP contribution in [0.5, 0.6) is 0 Å². The third-order valence-corrected chi connectivity index (χ3v) is 6.66. The number of hydrogen-bond acceptors (Lipinski definition) is 5. The van der Waals surface area contributed by atoms with E-state index in [0.717, 1.165) is 0 Å². The predicted molar refractivity (Wildman–Crippen MR) is 83.2 cm³/mol. The third kappa shape index (κ3) is 4.53. The Morgan fingerprint density at radius 3 is 2.33 bits per heavy atom. The molecule has 3 N–H and O–H groups in total. The van der Waals surface area contributed by atoms with Crippen molar-refractivity contribution in [3.05, 3.63) is 0 Å². The number of hydrogen-bond donors (Lipinski definition) is 3. The minimum absolute atomic E-state index is 0.257. The molecule has 0 saturated carbocycles. The SMILES string of the molecule is BC1OC(CC(C)(CC)OP(=O)(O)C(C)CC)C(O)C1O. The van der Waals surface area contributed by atoms with Gasteiger partial charge >= 0.3 is 7.60 Å². The lowest BCUT2D eigenvalue weighted by Crippen LogP contribution is -2.39. The lowest BCUT2D eigenvalue weighted by molar-refractivity contribution is -0.0371. The van der Waals surface area contributed by atoms with Crippen LogP contribution < -0.4 is 0 Å². The second-order valence-corrected chi connectivity index (χ2v) is 8.47. The van der Waals surface area contributed by atoms with Crippen LogP contribution >= 0.6 is 7.60 Å². The summed E-state index contributed by atoms with van der Waals surface area (Å²) in [7, 11) is -2.04. The Kier molecular flexibility index (Phi) is 6.48. The van der Waals surface area contributed by atoms with Crippen molar-refractivity contribution in [1.82, 2.24) is 0 Å². The summed E-state index contributed by atoms with van der Waals surface area (Å²) in [6.45, 7) is 7.12. The van der Waals surface area contributed by atoms with Gasteiger partial charge in [0.15, 0.2) is 0 Å². The molecule has 0 bridgehead atoms. The van der Waals surface area contributed by atoms with Gasteiger partial charge in [-0.25, -0.2) is 0 Å². The highest BCUT2D eigenvalue weighted by Crippen LogP contribution is 2.53. The van der Waals surface area contributed by atoms with Gasteiger partial charge in [0.05, 0.1) is 23.4 Å². The molecule has 1 heterocycles. The fourth-order valence-electron chi connectivity index (χ4n) is 2.41. The molecule has 0 aromatic rings. The molecule has 0 aliphatic carbocycles. The molecule has 1 saturated heterocycles. The van der Waals surface area contributed by atoms with Crippen molar-refractivity contribution in [2.75, 3.05) is 0 Å². The van der Waals surface area contributed by atoms with Crippen LogP contribution in [0.2, 0.25) is 0 Å². The van der Waals surface area contributed by atoms with Gasteiger partial charge < -0.3 is 24.4 Å². The maximum atomic E-state index is 12.3. The Hall–Kier alpha value is 0.0949. The van der Waals surface area contributed by atoms with Crippen molar-refractivity contribution in [3.63, 3.8) is 0 Å². The van der Waals surface area contributed by atoms with Crippen molar-refractivity contribution >= 4 is 15.4 Å². The van der Waals surface area contributed by atoms with Crippen molar-refractivity contribution < 1.29 is 28.9 Å². The minimum Gasteiger partial charge on any atom is -0.388 e. The van der Waals surface area contributed by atoms with Crippen LogP contribution in [0.1, 0.15) is 47.0 Å². The fourth-order valence-corrected chi connectivity index (χ4v) is 3.89. The zero-order valence-electron chi connectivity index (χ0n) is 13.5. The molecule has 1 aliphatic rings. The van der Waals surface area contributed by atoms with E-state index < -0.39 is 43.2 Å². The summed E-state index contributed by atoms with van der Waals surface area (Å²) in [5.74, 6) is 0. The van der Waals surface area contributed by atoms with E-state index in [0.29, 0.717) is 12.8 Å². The highest BCUT2D eigenvalue weighted by atomic mass is 31.2. The Labute approximate surface area is 127 Å². The first-order valence-corrected chi connectivity index (χ1v) is 9.25. The molecule has 21 heavy (non-hydrogen) atoms. The average Bonchev–Trinajstić information content (AvgIpc) is 2.64. The summed E-state index contributed by atoms with van der Waals surface area (Å²) >= 11 is 0. The van der Waals surface area contributed by atoms with E-state index in [1.165, 1.54) is 0 Å². The number of ether oxygens (including phenoxy) is 1. The average molecular weight is 322 g/mol. The molecule has 0 aromatic heterocycles. The standard InChI is InChI=1S/C13H28BO6P/c1-5-8(3)21(17,18)20-13(4,6-2)7-9-10(15)11(16)12(14)19-9/h8-12,15-16H,5-7,14H2,1-4H3,(H,17,18). The minimum atomic E-state index is -3.73. The summed E-state index contributed by atoms with van der Waals surface area (Å²) in [5, 5.41) is 19.7. The monoisotopic (exact) mass is 322 g/mol. The van der Waals surface area contributed by atoms with E-state index in [9.17, 15) is 19.7 Å². The highest BCUT2D eigenvalue weighted by molar-refractivity contribution is 7.53. The molecule has 124 valence electrons. The quantitative estimate of drug-likeness (QED) is 0.470. The molecule has 1 fully saturated rings. The molecule has 7 atom stereocenters. The van der Waals surface area contributed by atoms with Crippen molar-refractivity contribution in [2.24, 2.45) is 0 Å². The molecular formula is C13H28BO6P. The molecule has 0 aromatic carbocycles. The molecular weight excluding hydrogens is 294 g/mol. The van der Waals surface area contributed by atoms with Gasteiger partial charge in [0, 0.05) is 6.42 Å². The van der Waals surface area contributed by atoms with Crippen LogP contribution in [0.4, 0.5) is 0 Å². The number of aliphatic hydroxyl groups is 2. The summed E-state index contributed by atoms with van der Waals surface area (Å²) in [6, 6.07) is -0.457. The molecule has 7 unspecified atom stereocenters. The van der Waals surface area contributed by atoms with Gasteiger partial charge in [0.25, 0.3) is 0 Å². The van der Waals surface area contributed by atoms with Crippen LogP contribution in [-0.2, 0) is 13.8 Å². The van der Waals surface area contributed by atoms with Crippen LogP contribution in [-0.4, -0.2) is 58.5 Å². The first-order valence-electron chi connectivity index (χ1n) is 7.61. The van der Waals surface area contributed by atoms with Crippen LogP contribution in [0.3, 0.4) is 0 Å². The van der Waals surface area contributed by atoms with Crippen LogP contribution in [0.15, 0.2) is 0 Å². The van der Waals surface area contributed by atoms with E-state index in [4.69, 9.17) is 9.26 Å². The molecule has 8 heteroatoms. The molecule has 0 amide bonds. The number of rotatable bonds is 7. The van der Waals surface area contributed by atoms with Gasteiger partial charge in [-0.3, -0.25) is 4.57 Å². The zero-order valence-corrected chi connectivity index (χ0v) is 14.4. The largest absolute Gasteiger partial charge is 0.388 e. The topological polar surface area (TPSA) is 96.2 Å². The van der Waals surface area contributed by atoms with Gasteiger partial charge in [-0.15, -0.1) is 0 Å². The molecule has 0 spiro atoms. The third-order valence-electron chi connectivity index (χ3n) is 4.48. The summed E-state index contributed by atoms with van der Waals surface area (Å²) < 4.78 is 23.4. The van der Waals surface area contributed by atoms with E-state index in [1.807, 2.05) is 13.8 Å². The van der Waals surface area contributed by atoms with Gasteiger partial charge in [0.2, 0.25) is 0 Å². The molecule has 1 rings (SSSR count). The van der Waals surface area contributed by atoms with E-state index >= 15 is 0 Å². The van der Waals surface area contributed by atoms with Gasteiger partial charge in [-0.1, -0.05) is 20.8 Å². The van der Waals surface area contributed by atoms with Crippen molar-refractivity contribution in [3.8, 4) is 0 Å². The summed E-state index contributed by atoms with van der Waals surface area (Å²) in [5.41, 5.74) is -1.33. The molecule has 6 nitrogen and oxygen atoms in total. The molecule has 0 radical (unpaired) electrons. The summed E-state index contributed by atoms with van der Waals surface area (Å²) in [6.07, 6.45) is -1.23. The first-order chi connectivity index (χ1) is 9.56. The van der Waals surface area contributed by atoms with Gasteiger partial charge in [-0.2, -0.15) is 0 Å². The zero-order chi connectivity index (χ0) is 16.4. The Morgan fingerprint density at radius 1 is 1.38 bits per heavy atom. The smallest absolute Gasteiger partial charge is 0.331 e.